The molecule has 0 saturated carbocycles. The van der Waals surface area contributed by atoms with Gasteiger partial charge in [0.15, 0.2) is 0 Å². The zero-order valence-electron chi connectivity index (χ0n) is 26.6. The standard InChI is InChI=1S/C33H45N5O7S/c1-3-11-37(13-5-12-36(2)14-16-45-15-10-32(40)41)33(42)28-17-27-9-8-26(19-30(27)35-31(34)20-28)25-6-4-7-29(18-25)46(43,44)38-21-24(22-38)23-39/h4,6-9,17-19,24,39H,3,5,10-16,20-23H2,1-2H3,(H2,34,35)(H,40,41). The summed E-state index contributed by atoms with van der Waals surface area (Å²) in [4.78, 5) is 33.1. The van der Waals surface area contributed by atoms with E-state index in [1.54, 1.807) is 18.2 Å². The highest BCUT2D eigenvalue weighted by molar-refractivity contribution is 7.89. The minimum atomic E-state index is -3.66. The number of ether oxygens (including phenoxy) is 1. The molecule has 0 aromatic heterocycles. The number of rotatable bonds is 17. The van der Waals surface area contributed by atoms with Crippen LogP contribution in [-0.4, -0.2) is 117 Å². The third-order valence-electron chi connectivity index (χ3n) is 8.08. The van der Waals surface area contributed by atoms with Crippen molar-refractivity contribution >= 4 is 39.5 Å². The van der Waals surface area contributed by atoms with Crippen molar-refractivity contribution in [3.05, 3.63) is 53.6 Å². The van der Waals surface area contributed by atoms with E-state index in [2.05, 4.69) is 9.89 Å². The Balaban J connectivity index is 1.43. The van der Waals surface area contributed by atoms with Crippen LogP contribution < -0.4 is 5.73 Å². The topological polar surface area (TPSA) is 166 Å². The number of carbonyl (C=O) groups is 2. The number of fused-ring (bicyclic) bond motifs is 1. The van der Waals surface area contributed by atoms with Gasteiger partial charge < -0.3 is 30.5 Å². The number of benzene rings is 2. The Kier molecular flexibility index (Phi) is 12.5. The number of hydrogen-bond donors (Lipinski definition) is 3. The largest absolute Gasteiger partial charge is 0.481 e. The van der Waals surface area contributed by atoms with Crippen molar-refractivity contribution in [3.63, 3.8) is 0 Å². The molecule has 2 aliphatic heterocycles. The fraction of sp³-hybridized carbons (Fsp3) is 0.485. The summed E-state index contributed by atoms with van der Waals surface area (Å²) in [6.07, 6.45) is 3.62. The lowest BCUT2D eigenvalue weighted by molar-refractivity contribution is -0.138. The van der Waals surface area contributed by atoms with E-state index in [-0.39, 0.29) is 42.8 Å². The molecule has 46 heavy (non-hydrogen) atoms. The van der Waals surface area contributed by atoms with E-state index in [1.807, 2.05) is 49.2 Å². The van der Waals surface area contributed by atoms with Crippen molar-refractivity contribution < 1.29 is 33.0 Å². The highest BCUT2D eigenvalue weighted by Crippen LogP contribution is 2.34. The number of nitrogens with zero attached hydrogens (tertiary/aromatic N) is 4. The molecule has 1 fully saturated rings. The molecule has 2 aromatic rings. The molecule has 2 aromatic carbocycles. The molecule has 2 heterocycles. The average Bonchev–Trinajstić information content (AvgIpc) is 3.16. The molecule has 0 unspecified atom stereocenters. The molecule has 4 rings (SSSR count). The van der Waals surface area contributed by atoms with Crippen LogP contribution in [0.4, 0.5) is 5.69 Å². The molecular weight excluding hydrogens is 610 g/mol. The molecule has 0 atom stereocenters. The molecule has 13 heteroatoms. The van der Waals surface area contributed by atoms with E-state index in [0.29, 0.717) is 62.0 Å². The number of carbonyl (C=O) groups excluding carboxylic acids is 1. The summed E-state index contributed by atoms with van der Waals surface area (Å²) in [5, 5.41) is 18.0. The molecule has 0 radical (unpaired) electrons. The van der Waals surface area contributed by atoms with Gasteiger partial charge in [-0.3, -0.25) is 9.59 Å². The van der Waals surface area contributed by atoms with Crippen LogP contribution >= 0.6 is 0 Å². The number of nitrogens with two attached hydrogens (primary N) is 1. The second-order valence-corrected chi connectivity index (χ2v) is 13.8. The maximum absolute atomic E-state index is 13.7. The van der Waals surface area contributed by atoms with Gasteiger partial charge in [-0.15, -0.1) is 0 Å². The maximum Gasteiger partial charge on any atom is 0.305 e. The summed E-state index contributed by atoms with van der Waals surface area (Å²) in [6, 6.07) is 12.4. The molecule has 0 aliphatic carbocycles. The van der Waals surface area contributed by atoms with E-state index in [1.165, 1.54) is 4.31 Å². The summed E-state index contributed by atoms with van der Waals surface area (Å²) < 4.78 is 33.0. The van der Waals surface area contributed by atoms with Crippen LogP contribution in [0.5, 0.6) is 0 Å². The van der Waals surface area contributed by atoms with Gasteiger partial charge in [-0.1, -0.05) is 31.2 Å². The van der Waals surface area contributed by atoms with Gasteiger partial charge in [-0.25, -0.2) is 13.4 Å². The first-order valence-corrected chi connectivity index (χ1v) is 17.1. The molecule has 1 amide bonds. The molecular formula is C33H45N5O7S. The van der Waals surface area contributed by atoms with Gasteiger partial charge in [0.2, 0.25) is 15.9 Å². The third kappa shape index (κ3) is 9.23. The molecule has 12 nitrogen and oxygen atoms in total. The van der Waals surface area contributed by atoms with Gasteiger partial charge in [0.25, 0.3) is 0 Å². The van der Waals surface area contributed by atoms with Crippen LogP contribution in [0.15, 0.2) is 57.9 Å². The fourth-order valence-electron chi connectivity index (χ4n) is 5.44. The number of aliphatic hydroxyl groups is 1. The van der Waals surface area contributed by atoms with Crippen molar-refractivity contribution in [2.45, 2.75) is 37.5 Å². The Morgan fingerprint density at radius 2 is 1.83 bits per heavy atom. The Morgan fingerprint density at radius 3 is 2.54 bits per heavy atom. The van der Waals surface area contributed by atoms with E-state index in [0.717, 1.165) is 30.5 Å². The summed E-state index contributed by atoms with van der Waals surface area (Å²) in [7, 11) is -1.69. The maximum atomic E-state index is 13.7. The highest BCUT2D eigenvalue weighted by atomic mass is 32.2. The number of amidine groups is 1. The van der Waals surface area contributed by atoms with Crippen molar-refractivity contribution in [1.82, 2.24) is 14.1 Å². The zero-order valence-corrected chi connectivity index (χ0v) is 27.4. The summed E-state index contributed by atoms with van der Waals surface area (Å²) in [5.74, 6) is -0.663. The summed E-state index contributed by atoms with van der Waals surface area (Å²) in [6.45, 7) is 5.87. The van der Waals surface area contributed by atoms with Crippen LogP contribution in [0, 0.1) is 5.92 Å². The third-order valence-corrected chi connectivity index (χ3v) is 9.91. The fourth-order valence-corrected chi connectivity index (χ4v) is 7.08. The first-order chi connectivity index (χ1) is 22.0. The van der Waals surface area contributed by atoms with Crippen LogP contribution in [0.2, 0.25) is 0 Å². The average molecular weight is 656 g/mol. The van der Waals surface area contributed by atoms with Gasteiger partial charge in [0, 0.05) is 62.8 Å². The Hall–Kier alpha value is -3.62. The summed E-state index contributed by atoms with van der Waals surface area (Å²) in [5.41, 5.74) is 9.72. The number of hydrogen-bond acceptors (Lipinski definition) is 9. The number of aliphatic hydroxyl groups excluding tert-OH is 1. The van der Waals surface area contributed by atoms with Crippen LogP contribution in [0.25, 0.3) is 17.2 Å². The number of aliphatic carboxylic acids is 1. The predicted molar refractivity (Wildman–Crippen MR) is 177 cm³/mol. The molecule has 0 bridgehead atoms. The normalized spacial score (nSPS) is 15.5. The smallest absolute Gasteiger partial charge is 0.305 e. The van der Waals surface area contributed by atoms with Gasteiger partial charge in [-0.2, -0.15) is 4.31 Å². The number of aliphatic imine (C=N–C) groups is 1. The molecule has 1 saturated heterocycles. The lowest BCUT2D eigenvalue weighted by Crippen LogP contribution is -2.51. The van der Waals surface area contributed by atoms with Crippen LogP contribution in [0.3, 0.4) is 0 Å². The van der Waals surface area contributed by atoms with Crippen LogP contribution in [-0.2, 0) is 24.3 Å². The van der Waals surface area contributed by atoms with Gasteiger partial charge in [-0.05, 0) is 61.8 Å². The Labute approximate surface area is 271 Å². The first kappa shape index (κ1) is 35.2. The number of amides is 1. The van der Waals surface area contributed by atoms with Crippen molar-refractivity contribution in [3.8, 4) is 11.1 Å². The van der Waals surface area contributed by atoms with Gasteiger partial charge >= 0.3 is 5.97 Å². The Morgan fingerprint density at radius 1 is 1.07 bits per heavy atom. The number of carboxylic acid groups (broad SMARTS) is 1. The van der Waals surface area contributed by atoms with Gasteiger partial charge in [0.1, 0.15) is 5.84 Å². The minimum absolute atomic E-state index is 0.0126. The van der Waals surface area contributed by atoms with Gasteiger partial charge in [0.05, 0.1) is 30.2 Å². The second kappa shape index (κ2) is 16.3. The number of sulfonamides is 1. The zero-order chi connectivity index (χ0) is 33.3. The van der Waals surface area contributed by atoms with E-state index < -0.39 is 16.0 Å². The molecule has 0 spiro atoms. The lowest BCUT2D eigenvalue weighted by Gasteiger charge is -2.36. The van der Waals surface area contributed by atoms with E-state index in [4.69, 9.17) is 15.6 Å². The molecule has 2 aliphatic rings. The second-order valence-electron chi connectivity index (χ2n) is 11.8. The quantitative estimate of drug-likeness (QED) is 0.217. The van der Waals surface area contributed by atoms with Crippen molar-refractivity contribution in [2.24, 2.45) is 16.6 Å². The highest BCUT2D eigenvalue weighted by Gasteiger charge is 2.36. The van der Waals surface area contributed by atoms with E-state index >= 15 is 0 Å². The monoisotopic (exact) mass is 655 g/mol. The SMILES string of the molecule is CCCN(CCCN(C)CCOCCC(=O)O)C(=O)C1=Cc2ccc(-c3cccc(S(=O)(=O)N4CC(CO)C4)c3)cc2N=C(N)C1. The number of carboxylic acids is 1. The van der Waals surface area contributed by atoms with Crippen molar-refractivity contribution in [2.75, 3.05) is 66.1 Å². The summed E-state index contributed by atoms with van der Waals surface area (Å²) >= 11 is 0. The molecule has 4 N–H and O–H groups in total. The minimum Gasteiger partial charge on any atom is -0.481 e. The van der Waals surface area contributed by atoms with Crippen molar-refractivity contribution in [1.29, 1.82) is 0 Å². The number of likely N-dealkylation sites (N-methyl/N-ethyl adjacent to an activating group) is 1. The van der Waals surface area contributed by atoms with Crippen LogP contribution in [0.1, 0.15) is 38.2 Å². The Bertz CT molecular complexity index is 1550. The molecule has 250 valence electrons. The lowest BCUT2D eigenvalue weighted by atomic mass is 10.0. The first-order valence-electron chi connectivity index (χ1n) is 15.7. The predicted octanol–water partition coefficient (Wildman–Crippen LogP) is 2.79. The van der Waals surface area contributed by atoms with E-state index in [9.17, 15) is 23.1 Å².